The standard InChI is InChI=1S/C25H18F8O3.CH2O/c1-2-12-10-34-24(35-11-12)14-7-18(27)22(19(28)8-14)25(32,33)36-15-3-4-16(17(26)9-15)13-5-20(29)23(31)21(30)6-13;1-2/h3-9,12,24H,2,10-11H2,1H3;1H2. The first-order valence-electron chi connectivity index (χ1n) is 11.0. The van der Waals surface area contributed by atoms with Crippen molar-refractivity contribution in [3.05, 3.63) is 88.5 Å². The molecular formula is C26H20F8O4. The summed E-state index contributed by atoms with van der Waals surface area (Å²) in [4.78, 5) is 8.00. The second kappa shape index (κ2) is 11.9. The van der Waals surface area contributed by atoms with Crippen molar-refractivity contribution in [3.63, 3.8) is 0 Å². The highest BCUT2D eigenvalue weighted by molar-refractivity contribution is 5.65. The van der Waals surface area contributed by atoms with E-state index in [1.54, 1.807) is 0 Å². The summed E-state index contributed by atoms with van der Waals surface area (Å²) in [5.41, 5.74) is -2.73. The average Bonchev–Trinajstić information content (AvgIpc) is 2.87. The van der Waals surface area contributed by atoms with Gasteiger partial charge in [0.2, 0.25) is 0 Å². The summed E-state index contributed by atoms with van der Waals surface area (Å²) in [6.45, 7) is 4.45. The maximum absolute atomic E-state index is 14.7. The smallest absolute Gasteiger partial charge is 0.429 e. The van der Waals surface area contributed by atoms with E-state index in [-0.39, 0.29) is 24.7 Å². The summed E-state index contributed by atoms with van der Waals surface area (Å²) in [6, 6.07) is 4.36. The van der Waals surface area contributed by atoms with Gasteiger partial charge < -0.3 is 19.0 Å². The van der Waals surface area contributed by atoms with E-state index in [1.807, 2.05) is 13.7 Å². The summed E-state index contributed by atoms with van der Waals surface area (Å²) in [5.74, 6) is -10.2. The van der Waals surface area contributed by atoms with Crippen LogP contribution in [0.4, 0.5) is 35.1 Å². The van der Waals surface area contributed by atoms with Crippen molar-refractivity contribution in [2.24, 2.45) is 5.92 Å². The maximum atomic E-state index is 14.7. The molecule has 12 heteroatoms. The Labute approximate surface area is 211 Å². The molecule has 1 heterocycles. The Hall–Kier alpha value is -3.51. The number of halogens is 8. The fourth-order valence-corrected chi connectivity index (χ4v) is 3.68. The first kappa shape index (κ1) is 29.1. The van der Waals surface area contributed by atoms with Crippen LogP contribution in [0.3, 0.4) is 0 Å². The quantitative estimate of drug-likeness (QED) is 0.241. The molecule has 0 N–H and O–H groups in total. The molecule has 0 aromatic heterocycles. The van der Waals surface area contributed by atoms with E-state index >= 15 is 0 Å². The van der Waals surface area contributed by atoms with E-state index in [0.717, 1.165) is 18.6 Å². The minimum atomic E-state index is -4.57. The third kappa shape index (κ3) is 6.13. The van der Waals surface area contributed by atoms with Gasteiger partial charge in [0.15, 0.2) is 23.7 Å². The van der Waals surface area contributed by atoms with Gasteiger partial charge in [-0.25, -0.2) is 26.3 Å². The Morgan fingerprint density at radius 1 is 0.842 bits per heavy atom. The van der Waals surface area contributed by atoms with Crippen molar-refractivity contribution < 1.29 is 54.1 Å². The fourth-order valence-electron chi connectivity index (χ4n) is 3.68. The molecule has 0 amide bonds. The lowest BCUT2D eigenvalue weighted by Gasteiger charge is -2.29. The highest BCUT2D eigenvalue weighted by Crippen LogP contribution is 2.38. The predicted molar refractivity (Wildman–Crippen MR) is 118 cm³/mol. The van der Waals surface area contributed by atoms with Crippen LogP contribution in [0, 0.1) is 40.8 Å². The van der Waals surface area contributed by atoms with Crippen LogP contribution in [0.1, 0.15) is 30.8 Å². The summed E-state index contributed by atoms with van der Waals surface area (Å²) in [6.07, 6.45) is -4.95. The summed E-state index contributed by atoms with van der Waals surface area (Å²) < 4.78 is 128. The number of hydrogen-bond donors (Lipinski definition) is 0. The molecule has 1 aliphatic heterocycles. The SMILES string of the molecule is C=O.CCC1COC(c2cc(F)c(C(F)(F)Oc3ccc(-c4cc(F)c(F)c(F)c4)c(F)c3)c(F)c2)OC1. The minimum Gasteiger partial charge on any atom is -0.429 e. The van der Waals surface area contributed by atoms with Crippen molar-refractivity contribution in [2.45, 2.75) is 25.7 Å². The second-order valence-electron chi connectivity index (χ2n) is 8.15. The highest BCUT2D eigenvalue weighted by Gasteiger charge is 2.42. The van der Waals surface area contributed by atoms with Crippen LogP contribution < -0.4 is 4.74 Å². The number of rotatable bonds is 6. The van der Waals surface area contributed by atoms with E-state index in [4.69, 9.17) is 14.3 Å². The first-order chi connectivity index (χ1) is 18.0. The number of alkyl halides is 2. The molecule has 38 heavy (non-hydrogen) atoms. The van der Waals surface area contributed by atoms with Gasteiger partial charge in [0, 0.05) is 23.1 Å². The third-order valence-corrected chi connectivity index (χ3v) is 5.65. The number of hydrogen-bond acceptors (Lipinski definition) is 4. The van der Waals surface area contributed by atoms with Crippen LogP contribution in [-0.2, 0) is 20.4 Å². The lowest BCUT2D eigenvalue weighted by atomic mass is 10.0. The van der Waals surface area contributed by atoms with Crippen LogP contribution >= 0.6 is 0 Å². The fraction of sp³-hybridized carbons (Fsp3) is 0.269. The molecule has 1 aliphatic rings. The number of carbonyl (C=O) groups is 1. The summed E-state index contributed by atoms with van der Waals surface area (Å²) >= 11 is 0. The lowest BCUT2D eigenvalue weighted by molar-refractivity contribution is -0.206. The van der Waals surface area contributed by atoms with E-state index in [9.17, 15) is 35.1 Å². The summed E-state index contributed by atoms with van der Waals surface area (Å²) in [5, 5.41) is 0. The van der Waals surface area contributed by atoms with E-state index in [2.05, 4.69) is 4.74 Å². The molecule has 0 aliphatic carbocycles. The molecule has 1 saturated heterocycles. The van der Waals surface area contributed by atoms with Gasteiger partial charge in [-0.05, 0) is 48.4 Å². The monoisotopic (exact) mass is 548 g/mol. The average molecular weight is 548 g/mol. The van der Waals surface area contributed by atoms with Crippen molar-refractivity contribution in [2.75, 3.05) is 13.2 Å². The van der Waals surface area contributed by atoms with E-state index in [0.29, 0.717) is 30.3 Å². The van der Waals surface area contributed by atoms with Gasteiger partial charge in [0.05, 0.1) is 13.2 Å². The van der Waals surface area contributed by atoms with Gasteiger partial charge in [-0.15, -0.1) is 0 Å². The zero-order valence-corrected chi connectivity index (χ0v) is 19.7. The molecule has 0 radical (unpaired) electrons. The topological polar surface area (TPSA) is 44.8 Å². The van der Waals surface area contributed by atoms with Gasteiger partial charge in [-0.3, -0.25) is 0 Å². The Bertz CT molecular complexity index is 1250. The largest absolute Gasteiger partial charge is 0.432 e. The Morgan fingerprint density at radius 2 is 1.39 bits per heavy atom. The number of benzene rings is 3. The Morgan fingerprint density at radius 3 is 1.89 bits per heavy atom. The van der Waals surface area contributed by atoms with Crippen molar-refractivity contribution in [1.29, 1.82) is 0 Å². The summed E-state index contributed by atoms with van der Waals surface area (Å²) in [7, 11) is 0. The van der Waals surface area contributed by atoms with Crippen LogP contribution in [0.15, 0.2) is 42.5 Å². The molecule has 0 unspecified atom stereocenters. The minimum absolute atomic E-state index is 0.0980. The first-order valence-corrected chi connectivity index (χ1v) is 11.0. The van der Waals surface area contributed by atoms with Crippen LogP contribution in [0.2, 0.25) is 0 Å². The zero-order chi connectivity index (χ0) is 28.2. The maximum Gasteiger partial charge on any atom is 0.432 e. The van der Waals surface area contributed by atoms with Crippen LogP contribution in [0.5, 0.6) is 5.75 Å². The van der Waals surface area contributed by atoms with Gasteiger partial charge >= 0.3 is 6.11 Å². The van der Waals surface area contributed by atoms with Gasteiger partial charge in [0.1, 0.15) is 35.6 Å². The second-order valence-corrected chi connectivity index (χ2v) is 8.15. The molecule has 1 fully saturated rings. The predicted octanol–water partition coefficient (Wildman–Crippen LogP) is 7.20. The van der Waals surface area contributed by atoms with Gasteiger partial charge in [-0.2, -0.15) is 8.78 Å². The lowest BCUT2D eigenvalue weighted by Crippen LogP contribution is -2.28. The van der Waals surface area contributed by atoms with Crippen LogP contribution in [0.25, 0.3) is 11.1 Å². The molecule has 0 spiro atoms. The molecule has 3 aromatic carbocycles. The van der Waals surface area contributed by atoms with Crippen molar-refractivity contribution in [1.82, 2.24) is 0 Å². The van der Waals surface area contributed by atoms with Gasteiger partial charge in [0.25, 0.3) is 0 Å². The van der Waals surface area contributed by atoms with E-state index in [1.165, 1.54) is 0 Å². The zero-order valence-electron chi connectivity index (χ0n) is 19.7. The molecule has 3 aromatic rings. The molecule has 204 valence electrons. The Balaban J connectivity index is 0.00000195. The number of carbonyl (C=O) groups excluding carboxylic acids is 1. The van der Waals surface area contributed by atoms with Gasteiger partial charge in [-0.1, -0.05) is 6.92 Å². The van der Waals surface area contributed by atoms with Crippen LogP contribution in [-0.4, -0.2) is 20.0 Å². The normalized spacial score (nSPS) is 17.5. The molecule has 0 bridgehead atoms. The Kier molecular flexibility index (Phi) is 9.10. The van der Waals surface area contributed by atoms with Crippen molar-refractivity contribution in [3.8, 4) is 16.9 Å². The highest BCUT2D eigenvalue weighted by atomic mass is 19.3. The third-order valence-electron chi connectivity index (χ3n) is 5.65. The molecule has 0 atom stereocenters. The molecular weight excluding hydrogens is 528 g/mol. The molecule has 4 rings (SSSR count). The van der Waals surface area contributed by atoms with Crippen molar-refractivity contribution >= 4 is 6.79 Å². The molecule has 4 nitrogen and oxygen atoms in total. The van der Waals surface area contributed by atoms with E-state index < -0.39 is 69.7 Å². The number of ether oxygens (including phenoxy) is 3. The molecule has 0 saturated carbocycles.